The molecule has 6 aromatic carbocycles. The molecule has 0 aliphatic heterocycles. The first kappa shape index (κ1) is 34.9. The Hall–Kier alpha value is -7.91. The summed E-state index contributed by atoms with van der Waals surface area (Å²) in [5, 5.41) is 193. The normalized spacial score (nSPS) is 12.0. The van der Waals surface area contributed by atoms with Crippen LogP contribution in [0.25, 0.3) is 54.6 Å². The van der Waals surface area contributed by atoms with Crippen molar-refractivity contribution in [3.63, 3.8) is 0 Å². The number of rotatable bonds is 2. The summed E-state index contributed by atoms with van der Waals surface area (Å²) in [6, 6.07) is 0. The summed E-state index contributed by atoms with van der Waals surface area (Å²) in [4.78, 5) is 0. The number of phenols is 19. The third-order valence-corrected chi connectivity index (χ3v) is 8.54. The molecule has 0 fully saturated rings. The van der Waals surface area contributed by atoms with E-state index in [1.165, 1.54) is 0 Å². The molecule has 19 N–H and O–H groups in total. The Morgan fingerprint density at radius 3 is 0.717 bits per heavy atom. The molecule has 0 heterocycles. The van der Waals surface area contributed by atoms with Crippen LogP contribution in [0.3, 0.4) is 0 Å². The molecule has 0 aliphatic carbocycles. The zero-order chi connectivity index (χ0) is 39.8. The fourth-order valence-electron chi connectivity index (χ4n) is 6.21. The van der Waals surface area contributed by atoms with Gasteiger partial charge in [-0.15, -0.1) is 0 Å². The van der Waals surface area contributed by atoms with E-state index in [0.717, 1.165) is 0 Å². The summed E-state index contributed by atoms with van der Waals surface area (Å²) < 4.78 is 44.3. The molecular formula is C31H19F3O19. The van der Waals surface area contributed by atoms with Crippen LogP contribution in [0.2, 0.25) is 0 Å². The van der Waals surface area contributed by atoms with Gasteiger partial charge in [-0.25, -0.2) is 0 Å². The molecule has 6 rings (SSSR count). The summed E-state index contributed by atoms with van der Waals surface area (Å²) in [7, 11) is 0. The van der Waals surface area contributed by atoms with Crippen molar-refractivity contribution in [3.05, 3.63) is 5.56 Å². The van der Waals surface area contributed by atoms with E-state index in [1.807, 2.05) is 0 Å². The number of fused-ring (bicyclic) bond motifs is 3. The van der Waals surface area contributed by atoms with Crippen LogP contribution >= 0.6 is 0 Å². The maximum absolute atomic E-state index is 14.8. The van der Waals surface area contributed by atoms with Crippen molar-refractivity contribution in [2.24, 2.45) is 0 Å². The fourth-order valence-corrected chi connectivity index (χ4v) is 6.21. The van der Waals surface area contributed by atoms with Gasteiger partial charge >= 0.3 is 6.18 Å². The Bertz CT molecular complexity index is 2590. The van der Waals surface area contributed by atoms with Gasteiger partial charge < -0.3 is 97.0 Å². The largest absolute Gasteiger partial charge is 0.504 e. The van der Waals surface area contributed by atoms with E-state index in [9.17, 15) is 110 Å². The zero-order valence-corrected chi connectivity index (χ0v) is 25.1. The van der Waals surface area contributed by atoms with Crippen LogP contribution in [0.15, 0.2) is 0 Å². The molecule has 0 aromatic heterocycles. The first-order chi connectivity index (χ1) is 24.4. The predicted octanol–water partition coefficient (Wildman–Crippen LogP) is 3.91. The highest BCUT2D eigenvalue weighted by molar-refractivity contribution is 6.25. The average Bonchev–Trinajstić information content (AvgIpc) is 3.10. The van der Waals surface area contributed by atoms with Gasteiger partial charge in [0.05, 0.1) is 22.1 Å². The second-order valence-electron chi connectivity index (χ2n) is 11.2. The molecule has 19 nitrogen and oxygen atoms in total. The average molecular weight is 752 g/mol. The molecule has 0 radical (unpaired) electrons. The van der Waals surface area contributed by atoms with Gasteiger partial charge in [0.25, 0.3) is 0 Å². The lowest BCUT2D eigenvalue weighted by Gasteiger charge is -2.25. The molecule has 0 amide bonds. The Morgan fingerprint density at radius 2 is 0.415 bits per heavy atom. The van der Waals surface area contributed by atoms with E-state index in [0.29, 0.717) is 0 Å². The third kappa shape index (κ3) is 4.10. The smallest absolute Gasteiger partial charge is 0.417 e. The highest BCUT2D eigenvalue weighted by Crippen LogP contribution is 2.68. The van der Waals surface area contributed by atoms with E-state index < -0.39 is 176 Å². The van der Waals surface area contributed by atoms with Crippen LogP contribution in [-0.4, -0.2) is 97.0 Å². The number of alkyl halides is 3. The van der Waals surface area contributed by atoms with Crippen LogP contribution in [-0.2, 0) is 6.18 Å². The standard InChI is InChI=1S/C31H19F3O19/c32-31(33,34)11-6-2(12(35)25(48)28(51)16(6)39)1(3-7(11)17(40)29(52)26(49)13(3)36)8-18(41)20(43)9(21(44)19(8)42)4-5-10(22(45)24(47)14(4)37)23(46)30(53)27(50)15(5)38/h35-53H. The van der Waals surface area contributed by atoms with Gasteiger partial charge in [0.15, 0.2) is 69.0 Å². The minimum Gasteiger partial charge on any atom is -0.504 e. The first-order valence-corrected chi connectivity index (χ1v) is 13.8. The van der Waals surface area contributed by atoms with E-state index in [2.05, 4.69) is 0 Å². The summed E-state index contributed by atoms with van der Waals surface area (Å²) in [6.45, 7) is 0. The lowest BCUT2D eigenvalue weighted by atomic mass is 9.83. The van der Waals surface area contributed by atoms with Crippen LogP contribution < -0.4 is 0 Å². The molecule has 278 valence electrons. The lowest BCUT2D eigenvalue weighted by Crippen LogP contribution is -2.09. The minimum atomic E-state index is -5.85. The van der Waals surface area contributed by atoms with Gasteiger partial charge in [0.2, 0.25) is 40.2 Å². The van der Waals surface area contributed by atoms with Gasteiger partial charge in [0, 0.05) is 38.1 Å². The number of aromatic hydroxyl groups is 19. The van der Waals surface area contributed by atoms with Crippen LogP contribution in [0.4, 0.5) is 13.2 Å². The molecule has 53 heavy (non-hydrogen) atoms. The minimum absolute atomic E-state index is 1.23. The van der Waals surface area contributed by atoms with E-state index in [4.69, 9.17) is 0 Å². The molecule has 0 unspecified atom stereocenters. The summed E-state index contributed by atoms with van der Waals surface area (Å²) in [6.07, 6.45) is -5.85. The second kappa shape index (κ2) is 10.5. The SMILES string of the molecule is Oc1c(O)c(-c2c3c(O)c(O)c(O)c(O)c3c(C(F)(F)F)c3c(O)c(O)c(O)c(O)c23)c(O)c(O)c1-c1c(O)c(O)c(O)c2c(O)c(O)c(O)c(O)c12. The van der Waals surface area contributed by atoms with Crippen LogP contribution in [0, 0.1) is 0 Å². The van der Waals surface area contributed by atoms with E-state index in [1.54, 1.807) is 0 Å². The Kier molecular flexibility index (Phi) is 6.95. The van der Waals surface area contributed by atoms with Crippen molar-refractivity contribution in [2.75, 3.05) is 0 Å². The van der Waals surface area contributed by atoms with Gasteiger partial charge in [-0.1, -0.05) is 0 Å². The van der Waals surface area contributed by atoms with E-state index in [-0.39, 0.29) is 0 Å². The summed E-state index contributed by atoms with van der Waals surface area (Å²) >= 11 is 0. The summed E-state index contributed by atoms with van der Waals surface area (Å²) in [5.41, 5.74) is -8.44. The monoisotopic (exact) mass is 752 g/mol. The van der Waals surface area contributed by atoms with Crippen molar-refractivity contribution >= 4 is 32.3 Å². The van der Waals surface area contributed by atoms with Crippen LogP contribution in [0.1, 0.15) is 5.56 Å². The number of phenolic OH excluding ortho intramolecular Hbond substituents is 19. The molecule has 0 atom stereocenters. The quantitative estimate of drug-likeness (QED) is 0.0677. The maximum atomic E-state index is 14.8. The van der Waals surface area contributed by atoms with Gasteiger partial charge in [-0.3, -0.25) is 0 Å². The van der Waals surface area contributed by atoms with E-state index >= 15 is 0 Å². The van der Waals surface area contributed by atoms with Crippen molar-refractivity contribution in [2.45, 2.75) is 6.18 Å². The van der Waals surface area contributed by atoms with Gasteiger partial charge in [-0.2, -0.15) is 13.2 Å². The fraction of sp³-hybridized carbons (Fsp3) is 0.0323. The third-order valence-electron chi connectivity index (χ3n) is 8.54. The Labute approximate surface area is 286 Å². The van der Waals surface area contributed by atoms with Crippen LogP contribution in [0.5, 0.6) is 109 Å². The second-order valence-corrected chi connectivity index (χ2v) is 11.2. The molecule has 0 spiro atoms. The molecule has 0 saturated heterocycles. The Balaban J connectivity index is 1.96. The molecular weight excluding hydrogens is 733 g/mol. The predicted molar refractivity (Wildman–Crippen MR) is 166 cm³/mol. The molecule has 0 bridgehead atoms. The highest BCUT2D eigenvalue weighted by Gasteiger charge is 2.44. The first-order valence-electron chi connectivity index (χ1n) is 13.8. The van der Waals surface area contributed by atoms with Gasteiger partial charge in [-0.05, 0) is 0 Å². The highest BCUT2D eigenvalue weighted by atomic mass is 19.4. The number of hydrogen-bond acceptors (Lipinski definition) is 19. The number of hydrogen-bond donors (Lipinski definition) is 19. The molecule has 22 heteroatoms. The van der Waals surface area contributed by atoms with Crippen molar-refractivity contribution in [3.8, 4) is 131 Å². The molecule has 6 aromatic rings. The van der Waals surface area contributed by atoms with Crippen molar-refractivity contribution < 1.29 is 110 Å². The maximum Gasteiger partial charge on any atom is 0.417 e. The van der Waals surface area contributed by atoms with Gasteiger partial charge in [0.1, 0.15) is 0 Å². The van der Waals surface area contributed by atoms with Crippen molar-refractivity contribution in [1.82, 2.24) is 0 Å². The Morgan fingerprint density at radius 1 is 0.208 bits per heavy atom. The van der Waals surface area contributed by atoms with Crippen molar-refractivity contribution in [1.29, 1.82) is 0 Å². The molecule has 0 aliphatic rings. The summed E-state index contributed by atoms with van der Waals surface area (Å²) in [5.74, 6) is -33.6. The topological polar surface area (TPSA) is 384 Å². The number of benzene rings is 6. The zero-order valence-electron chi connectivity index (χ0n) is 25.1. The number of halogens is 3. The lowest BCUT2D eigenvalue weighted by molar-refractivity contribution is -0.135. The molecule has 0 saturated carbocycles.